The van der Waals surface area contributed by atoms with Gasteiger partial charge in [0.25, 0.3) is 0 Å². The van der Waals surface area contributed by atoms with E-state index in [-0.39, 0.29) is 32.7 Å². The molecule has 1 saturated carbocycles. The highest BCUT2D eigenvalue weighted by Gasteiger charge is 2.40. The van der Waals surface area contributed by atoms with Gasteiger partial charge in [-0.3, -0.25) is 4.79 Å². The van der Waals surface area contributed by atoms with Crippen LogP contribution in [-0.4, -0.2) is 33.2 Å². The van der Waals surface area contributed by atoms with E-state index in [1.54, 1.807) is 6.07 Å². The van der Waals surface area contributed by atoms with Crippen LogP contribution >= 0.6 is 31.9 Å². The second-order valence-corrected chi connectivity index (χ2v) is 11.1. The fraction of sp³-hybridized carbons (Fsp3) is 0.417. The van der Waals surface area contributed by atoms with E-state index in [1.807, 2.05) is 18.2 Å². The molecular weight excluding hydrogens is 593 g/mol. The van der Waals surface area contributed by atoms with Gasteiger partial charge < -0.3 is 20.9 Å². The molecular formula is C24H25Br2F3N4O2. The van der Waals surface area contributed by atoms with Gasteiger partial charge in [0.05, 0.1) is 10.4 Å². The second kappa shape index (κ2) is 11.2. The Morgan fingerprint density at radius 2 is 1.97 bits per heavy atom. The number of benzene rings is 1. The van der Waals surface area contributed by atoms with Crippen LogP contribution in [0.1, 0.15) is 48.6 Å². The summed E-state index contributed by atoms with van der Waals surface area (Å²) in [5.74, 6) is -0.640. The molecule has 1 aromatic heterocycles. The van der Waals surface area contributed by atoms with Crippen LogP contribution in [0.25, 0.3) is 0 Å². The molecule has 1 aliphatic rings. The molecule has 0 radical (unpaired) electrons. The highest BCUT2D eigenvalue weighted by atomic mass is 79.9. The molecule has 1 aliphatic carbocycles. The van der Waals surface area contributed by atoms with Crippen molar-refractivity contribution in [2.24, 2.45) is 5.92 Å². The predicted molar refractivity (Wildman–Crippen MR) is 135 cm³/mol. The minimum absolute atomic E-state index is 0.0323. The maximum atomic E-state index is 12.7. The maximum absolute atomic E-state index is 12.7. The third-order valence-corrected chi connectivity index (χ3v) is 9.24. The van der Waals surface area contributed by atoms with E-state index in [0.29, 0.717) is 5.75 Å². The molecule has 188 valence electrons. The molecule has 3 rings (SSSR count). The number of ether oxygens (including phenoxy) is 1. The number of nitrogens with zero attached hydrogens (tertiary/aromatic N) is 1. The summed E-state index contributed by atoms with van der Waals surface area (Å²) in [7, 11) is 0. The van der Waals surface area contributed by atoms with Crippen LogP contribution in [-0.2, 0) is 11.0 Å². The molecule has 0 aliphatic heterocycles. The van der Waals surface area contributed by atoms with Gasteiger partial charge in [-0.1, -0.05) is 44.0 Å². The number of hydrogen-bond donors (Lipinski definition) is 3. The molecule has 6 nitrogen and oxygen atoms in total. The molecule has 3 N–H and O–H groups in total. The van der Waals surface area contributed by atoms with Gasteiger partial charge in [-0.05, 0) is 56.4 Å². The normalized spacial score (nSPS) is 22.1. The smallest absolute Gasteiger partial charge is 0.417 e. The summed E-state index contributed by atoms with van der Waals surface area (Å²) in [5.41, 5.74) is 0.225. The van der Waals surface area contributed by atoms with Crippen molar-refractivity contribution in [3.8, 4) is 11.6 Å². The van der Waals surface area contributed by atoms with Crippen molar-refractivity contribution in [2.45, 2.75) is 54.0 Å². The van der Waals surface area contributed by atoms with E-state index in [1.165, 1.54) is 13.0 Å². The number of carbonyl (C=O) groups is 1. The first-order valence-corrected chi connectivity index (χ1v) is 12.6. The molecule has 0 bridgehead atoms. The standard InChI is InChI=1S/C24H25Br2F3N4O2/c1-14(31)19(12-30)22(34)33-17-7-9-23(26,10-8-17)21(25)15-3-2-4-18(11-15)35-20-6-5-16(13-32-20)24(27,28)29/h2-6,11-13,17,19,21,30-31H,7-10H2,1H3,(H,33,34). The molecule has 35 heavy (non-hydrogen) atoms. The van der Waals surface area contributed by atoms with Crippen LogP contribution in [0.4, 0.5) is 13.2 Å². The number of aromatic nitrogens is 1. The molecule has 2 aromatic rings. The zero-order chi connectivity index (χ0) is 25.8. The second-order valence-electron chi connectivity index (χ2n) is 8.56. The molecule has 2 atom stereocenters. The maximum Gasteiger partial charge on any atom is 0.417 e. The van der Waals surface area contributed by atoms with Crippen molar-refractivity contribution in [3.05, 3.63) is 53.7 Å². The first-order valence-electron chi connectivity index (χ1n) is 10.9. The Morgan fingerprint density at radius 1 is 1.29 bits per heavy atom. The Labute approximate surface area is 218 Å². The van der Waals surface area contributed by atoms with Gasteiger partial charge in [-0.15, -0.1) is 0 Å². The zero-order valence-electron chi connectivity index (χ0n) is 18.8. The van der Waals surface area contributed by atoms with Crippen LogP contribution in [0.3, 0.4) is 0 Å². The fourth-order valence-electron chi connectivity index (χ4n) is 3.95. The first-order chi connectivity index (χ1) is 16.4. The van der Waals surface area contributed by atoms with Crippen LogP contribution in [0, 0.1) is 16.7 Å². The Bertz CT molecular complexity index is 1070. The lowest BCUT2D eigenvalue weighted by molar-refractivity contribution is -0.137. The van der Waals surface area contributed by atoms with E-state index in [2.05, 4.69) is 42.2 Å². The summed E-state index contributed by atoms with van der Waals surface area (Å²) in [5, 5.41) is 18.0. The Morgan fingerprint density at radius 3 is 2.51 bits per heavy atom. The van der Waals surface area contributed by atoms with Gasteiger partial charge in [0.1, 0.15) is 11.7 Å². The van der Waals surface area contributed by atoms with Crippen LogP contribution < -0.4 is 10.1 Å². The van der Waals surface area contributed by atoms with Gasteiger partial charge >= 0.3 is 6.18 Å². The van der Waals surface area contributed by atoms with Gasteiger partial charge in [-0.2, -0.15) is 13.2 Å². The van der Waals surface area contributed by atoms with Crippen molar-refractivity contribution >= 4 is 49.7 Å². The Kier molecular flexibility index (Phi) is 8.74. The minimum Gasteiger partial charge on any atom is -0.439 e. The van der Waals surface area contributed by atoms with Gasteiger partial charge in [-0.25, -0.2) is 4.98 Å². The summed E-state index contributed by atoms with van der Waals surface area (Å²) in [6.07, 6.45) is 0.251. The molecule has 0 spiro atoms. The van der Waals surface area contributed by atoms with Crippen molar-refractivity contribution in [3.63, 3.8) is 0 Å². The number of rotatable bonds is 8. The van der Waals surface area contributed by atoms with Gasteiger partial charge in [0.2, 0.25) is 11.8 Å². The zero-order valence-corrected chi connectivity index (χ0v) is 22.0. The van der Waals surface area contributed by atoms with E-state index >= 15 is 0 Å². The average molecular weight is 618 g/mol. The fourth-order valence-corrected chi connectivity index (χ4v) is 5.41. The Hall–Kier alpha value is -2.27. The van der Waals surface area contributed by atoms with Crippen molar-refractivity contribution in [2.75, 3.05) is 0 Å². The van der Waals surface area contributed by atoms with Gasteiger partial charge in [0, 0.05) is 34.6 Å². The molecule has 1 fully saturated rings. The van der Waals surface area contributed by atoms with E-state index in [0.717, 1.165) is 49.7 Å². The Balaban J connectivity index is 1.63. The quantitative estimate of drug-likeness (QED) is 0.224. The number of alkyl halides is 5. The number of amides is 1. The number of carbonyl (C=O) groups excluding carboxylic acids is 1. The summed E-state index contributed by atoms with van der Waals surface area (Å²) in [4.78, 5) is 16.0. The molecule has 11 heteroatoms. The molecule has 0 saturated heterocycles. The van der Waals surface area contributed by atoms with Crippen LogP contribution in [0.2, 0.25) is 0 Å². The topological polar surface area (TPSA) is 98.9 Å². The lowest BCUT2D eigenvalue weighted by Gasteiger charge is -2.39. The third kappa shape index (κ3) is 6.91. The summed E-state index contributed by atoms with van der Waals surface area (Å²) in [6, 6.07) is 9.35. The number of halogens is 5. The van der Waals surface area contributed by atoms with Crippen LogP contribution in [0.15, 0.2) is 42.6 Å². The summed E-state index contributed by atoms with van der Waals surface area (Å²) in [6.45, 7) is 1.51. The monoisotopic (exact) mass is 616 g/mol. The average Bonchev–Trinajstić information content (AvgIpc) is 2.80. The predicted octanol–water partition coefficient (Wildman–Crippen LogP) is 6.83. The SMILES string of the molecule is CC(=N)C(C=N)C(=O)NC1CCC(Br)(C(Br)c2cccc(Oc3ccc(C(F)(F)F)cn3)c2)CC1. The third-order valence-electron chi connectivity index (χ3n) is 5.97. The largest absolute Gasteiger partial charge is 0.439 e. The van der Waals surface area contributed by atoms with Crippen molar-refractivity contribution in [1.82, 2.24) is 10.3 Å². The van der Waals surface area contributed by atoms with Crippen molar-refractivity contribution in [1.29, 1.82) is 10.8 Å². The molecule has 1 amide bonds. The molecule has 2 unspecified atom stereocenters. The lowest BCUT2D eigenvalue weighted by Crippen LogP contribution is -2.45. The van der Waals surface area contributed by atoms with Gasteiger partial charge in [0.15, 0.2) is 0 Å². The van der Waals surface area contributed by atoms with Crippen LogP contribution in [0.5, 0.6) is 11.6 Å². The number of pyridine rings is 1. The summed E-state index contributed by atoms with van der Waals surface area (Å²) < 4.78 is 43.6. The van der Waals surface area contributed by atoms with E-state index in [4.69, 9.17) is 15.6 Å². The first kappa shape index (κ1) is 27.3. The van der Waals surface area contributed by atoms with Crippen molar-refractivity contribution < 1.29 is 22.7 Å². The van der Waals surface area contributed by atoms with E-state index in [9.17, 15) is 18.0 Å². The highest BCUT2D eigenvalue weighted by molar-refractivity contribution is 9.12. The molecule has 1 heterocycles. The van der Waals surface area contributed by atoms with E-state index < -0.39 is 17.7 Å². The highest BCUT2D eigenvalue weighted by Crippen LogP contribution is 2.50. The summed E-state index contributed by atoms with van der Waals surface area (Å²) >= 11 is 7.68. The number of hydrogen-bond acceptors (Lipinski definition) is 5. The minimum atomic E-state index is -4.46. The molecule has 1 aromatic carbocycles. The number of nitrogens with one attached hydrogen (secondary N) is 3. The lowest BCUT2D eigenvalue weighted by atomic mass is 9.81.